The van der Waals surface area contributed by atoms with Crippen LogP contribution in [-0.2, 0) is 13.0 Å². The van der Waals surface area contributed by atoms with Crippen LogP contribution in [0, 0.1) is 0 Å². The summed E-state index contributed by atoms with van der Waals surface area (Å²) >= 11 is 0. The van der Waals surface area contributed by atoms with Crippen molar-refractivity contribution in [1.29, 1.82) is 0 Å². The molecule has 2 N–H and O–H groups in total. The number of rotatable bonds is 8. The molecule has 3 aliphatic heterocycles. The molecule has 0 radical (unpaired) electrons. The zero-order valence-corrected chi connectivity index (χ0v) is 23.2. The van der Waals surface area contributed by atoms with Gasteiger partial charge in [0.1, 0.15) is 29.9 Å². The summed E-state index contributed by atoms with van der Waals surface area (Å²) in [6.45, 7) is 6.00. The van der Waals surface area contributed by atoms with Crippen molar-refractivity contribution in [2.24, 2.45) is 0 Å². The Labute approximate surface area is 235 Å². The molecular weight excluding hydrogens is 525 g/mol. The van der Waals surface area contributed by atoms with Gasteiger partial charge in [-0.2, -0.15) is 0 Å². The first-order valence-corrected chi connectivity index (χ1v) is 13.6. The van der Waals surface area contributed by atoms with E-state index in [9.17, 15) is 14.3 Å². The van der Waals surface area contributed by atoms with Gasteiger partial charge in [-0.3, -0.25) is 14.6 Å². The summed E-state index contributed by atoms with van der Waals surface area (Å²) in [6.07, 6.45) is -1.24. The molecule has 0 aliphatic carbocycles. The highest BCUT2D eigenvalue weighted by molar-refractivity contribution is 5.97. The minimum atomic E-state index is -1.17. The Balaban J connectivity index is 0.00000353. The zero-order valence-electron chi connectivity index (χ0n) is 22.4. The number of aliphatic hydroxyl groups is 2. The van der Waals surface area contributed by atoms with E-state index in [4.69, 9.17) is 14.6 Å². The van der Waals surface area contributed by atoms with E-state index in [0.29, 0.717) is 49.7 Å². The van der Waals surface area contributed by atoms with E-state index >= 15 is 0 Å². The molecular formula is C29H39ClFN3O5. The molecule has 4 atom stereocenters. The molecule has 2 aromatic carbocycles. The number of likely N-dealkylation sites (tertiary alicyclic amines) is 1. The smallest absolute Gasteiger partial charge is 0.257 e. The summed E-state index contributed by atoms with van der Waals surface area (Å²) in [7, 11) is 0. The number of hydrogen-bond acceptors (Lipinski definition) is 7. The monoisotopic (exact) mass is 563 g/mol. The fourth-order valence-corrected chi connectivity index (χ4v) is 5.74. The fraction of sp³-hybridized carbons (Fsp3) is 0.552. The number of nitrogens with zero attached hydrogens (tertiary/aromatic N) is 3. The Kier molecular flexibility index (Phi) is 10.1. The maximum atomic E-state index is 14.7. The third-order valence-electron chi connectivity index (χ3n) is 7.66. The SMILES string of the molecule is CC1CN(C[C@H](O)CN2CCc3ccccc3C2)C(=O)c2ccc(O[C@@H]3CCN(CCO)C[C@H]3F)cc2O1.Cl. The molecule has 1 unspecified atom stereocenters. The molecule has 3 aliphatic rings. The Bertz CT molecular complexity index is 1120. The second-order valence-corrected chi connectivity index (χ2v) is 10.7. The lowest BCUT2D eigenvalue weighted by Crippen LogP contribution is -2.47. The van der Waals surface area contributed by atoms with Crippen molar-refractivity contribution in [2.45, 2.75) is 50.8 Å². The summed E-state index contributed by atoms with van der Waals surface area (Å²) in [6, 6.07) is 13.4. The first-order chi connectivity index (χ1) is 18.4. The van der Waals surface area contributed by atoms with Crippen LogP contribution in [-0.4, -0.2) is 108 Å². The number of ether oxygens (including phenoxy) is 2. The van der Waals surface area contributed by atoms with Crippen LogP contribution in [0.4, 0.5) is 4.39 Å². The van der Waals surface area contributed by atoms with Gasteiger partial charge in [-0.1, -0.05) is 24.3 Å². The Morgan fingerprint density at radius 2 is 1.90 bits per heavy atom. The topological polar surface area (TPSA) is 85.7 Å². The summed E-state index contributed by atoms with van der Waals surface area (Å²) in [5.74, 6) is 0.684. The minimum Gasteiger partial charge on any atom is -0.488 e. The first-order valence-electron chi connectivity index (χ1n) is 13.6. The highest BCUT2D eigenvalue weighted by Crippen LogP contribution is 2.31. The number of benzene rings is 2. The number of aliphatic hydroxyl groups excluding tert-OH is 2. The molecule has 0 spiro atoms. The minimum absolute atomic E-state index is 0. The largest absolute Gasteiger partial charge is 0.488 e. The first kappa shape index (κ1) is 29.6. The summed E-state index contributed by atoms with van der Waals surface area (Å²) in [4.78, 5) is 19.2. The van der Waals surface area contributed by atoms with E-state index in [-0.39, 0.29) is 44.1 Å². The molecule has 0 bridgehead atoms. The second kappa shape index (κ2) is 13.3. The molecule has 10 heteroatoms. The number of amides is 1. The molecule has 1 saturated heterocycles. The maximum absolute atomic E-state index is 14.7. The summed E-state index contributed by atoms with van der Waals surface area (Å²) in [5.41, 5.74) is 3.07. The van der Waals surface area contributed by atoms with Gasteiger partial charge in [0.15, 0.2) is 0 Å². The molecule has 0 aromatic heterocycles. The Hall–Kier alpha value is -2.43. The quantitative estimate of drug-likeness (QED) is 0.510. The van der Waals surface area contributed by atoms with Gasteiger partial charge in [-0.25, -0.2) is 4.39 Å². The van der Waals surface area contributed by atoms with Crippen LogP contribution in [0.2, 0.25) is 0 Å². The van der Waals surface area contributed by atoms with Gasteiger partial charge in [0.05, 0.1) is 24.8 Å². The average Bonchev–Trinajstić information content (AvgIpc) is 3.00. The zero-order chi connectivity index (χ0) is 26.6. The van der Waals surface area contributed by atoms with Crippen molar-refractivity contribution in [2.75, 3.05) is 52.4 Å². The molecule has 5 rings (SSSR count). The summed E-state index contributed by atoms with van der Waals surface area (Å²) in [5, 5.41) is 20.0. The standard InChI is InChI=1S/C29H38FN3O5.ClH/c1-20-15-33(18-23(35)17-32-10-8-21-4-2-3-5-22(21)16-32)29(36)25-7-6-24(14-28(25)37-20)38-27-9-11-31(12-13-34)19-26(27)30;/h2-7,14,20,23,26-27,34-35H,8-13,15-19H2,1H3;1H/t20?,23-,26-,27-;/m1./s1. The Morgan fingerprint density at radius 3 is 2.67 bits per heavy atom. The van der Waals surface area contributed by atoms with Crippen LogP contribution >= 0.6 is 12.4 Å². The van der Waals surface area contributed by atoms with Crippen molar-refractivity contribution in [1.82, 2.24) is 14.7 Å². The van der Waals surface area contributed by atoms with Crippen molar-refractivity contribution in [3.8, 4) is 11.5 Å². The van der Waals surface area contributed by atoms with E-state index in [1.165, 1.54) is 11.1 Å². The summed E-state index contributed by atoms with van der Waals surface area (Å²) < 4.78 is 26.7. The number of carbonyl (C=O) groups is 1. The molecule has 1 amide bonds. The van der Waals surface area contributed by atoms with Crippen LogP contribution in [0.3, 0.4) is 0 Å². The third kappa shape index (κ3) is 7.21. The predicted octanol–water partition coefficient (Wildman–Crippen LogP) is 2.53. The molecule has 214 valence electrons. The van der Waals surface area contributed by atoms with Crippen molar-refractivity contribution in [3.63, 3.8) is 0 Å². The number of carbonyl (C=O) groups excluding carboxylic acids is 1. The van der Waals surface area contributed by atoms with E-state index in [2.05, 4.69) is 23.1 Å². The van der Waals surface area contributed by atoms with E-state index in [1.807, 2.05) is 17.9 Å². The average molecular weight is 564 g/mol. The van der Waals surface area contributed by atoms with E-state index < -0.39 is 18.4 Å². The molecule has 8 nitrogen and oxygen atoms in total. The normalized spacial score (nSPS) is 24.6. The number of β-amino-alcohol motifs (C(OH)–C–C–N with tert-alkyl or cyclic N) is 2. The maximum Gasteiger partial charge on any atom is 0.257 e. The van der Waals surface area contributed by atoms with E-state index in [1.54, 1.807) is 23.1 Å². The molecule has 39 heavy (non-hydrogen) atoms. The number of halogens is 2. The fourth-order valence-electron chi connectivity index (χ4n) is 5.74. The van der Waals surface area contributed by atoms with Gasteiger partial charge in [0, 0.05) is 51.9 Å². The lowest BCUT2D eigenvalue weighted by molar-refractivity contribution is 0.0166. The molecule has 2 aromatic rings. The van der Waals surface area contributed by atoms with Crippen LogP contribution in [0.15, 0.2) is 42.5 Å². The van der Waals surface area contributed by atoms with Gasteiger partial charge in [0.25, 0.3) is 5.91 Å². The molecule has 0 saturated carbocycles. The van der Waals surface area contributed by atoms with Crippen LogP contribution in [0.5, 0.6) is 11.5 Å². The van der Waals surface area contributed by atoms with Gasteiger partial charge in [0.2, 0.25) is 0 Å². The number of piperidine rings is 1. The molecule has 3 heterocycles. The van der Waals surface area contributed by atoms with Crippen LogP contribution in [0.1, 0.15) is 34.8 Å². The van der Waals surface area contributed by atoms with Gasteiger partial charge in [-0.15, -0.1) is 12.4 Å². The predicted molar refractivity (Wildman–Crippen MR) is 149 cm³/mol. The Morgan fingerprint density at radius 1 is 1.10 bits per heavy atom. The van der Waals surface area contributed by atoms with E-state index in [0.717, 1.165) is 19.5 Å². The van der Waals surface area contributed by atoms with Gasteiger partial charge in [-0.05, 0) is 43.0 Å². The van der Waals surface area contributed by atoms with Crippen LogP contribution in [0.25, 0.3) is 0 Å². The van der Waals surface area contributed by atoms with Crippen molar-refractivity contribution in [3.05, 3.63) is 59.2 Å². The lowest BCUT2D eigenvalue weighted by Gasteiger charge is -2.34. The highest BCUT2D eigenvalue weighted by Gasteiger charge is 2.32. The third-order valence-corrected chi connectivity index (χ3v) is 7.66. The van der Waals surface area contributed by atoms with Gasteiger partial charge < -0.3 is 24.6 Å². The molecule has 1 fully saturated rings. The second-order valence-electron chi connectivity index (χ2n) is 10.7. The van der Waals surface area contributed by atoms with Gasteiger partial charge >= 0.3 is 0 Å². The lowest BCUT2D eigenvalue weighted by atomic mass is 10.00. The van der Waals surface area contributed by atoms with Crippen LogP contribution < -0.4 is 9.47 Å². The highest BCUT2D eigenvalue weighted by atomic mass is 35.5. The van der Waals surface area contributed by atoms with Crippen molar-refractivity contribution < 1.29 is 28.9 Å². The number of fused-ring (bicyclic) bond motifs is 2. The van der Waals surface area contributed by atoms with Crippen molar-refractivity contribution >= 4 is 18.3 Å². The number of alkyl halides is 1. The number of hydrogen-bond donors (Lipinski definition) is 2.